The molecule has 7 rings (SSSR count). The highest BCUT2D eigenvalue weighted by atomic mass is 19.1. The van der Waals surface area contributed by atoms with Crippen LogP contribution in [0.4, 0.5) is 9.18 Å². The fourth-order valence-corrected chi connectivity index (χ4v) is 10.8. The first-order valence-electron chi connectivity index (χ1n) is 21.4. The second-order valence-electron chi connectivity index (χ2n) is 19.6. The molecule has 12 atom stereocenters. The van der Waals surface area contributed by atoms with Crippen molar-refractivity contribution in [3.8, 4) is 0 Å². The summed E-state index contributed by atoms with van der Waals surface area (Å²) in [6.07, 6.45) is -7.14. The van der Waals surface area contributed by atoms with Gasteiger partial charge in [0.2, 0.25) is 5.95 Å². The number of hydrogen-bond donors (Lipinski definition) is 3. The van der Waals surface area contributed by atoms with Crippen molar-refractivity contribution in [2.45, 2.75) is 147 Å². The summed E-state index contributed by atoms with van der Waals surface area (Å²) in [7, 11) is 3.83. The van der Waals surface area contributed by atoms with E-state index in [-0.39, 0.29) is 25.3 Å². The SMILES string of the molecule is CC(=O)O[C@@]12CO[C@@H]1CC[C@@]1(C)[C@@H]3O[C@H](CN(C)C)O[C@@H]3C3=C(C)[C@@H](OC(=O)[C@H](O)[C@@H](NC(=O)OC(C)(C)C)c4cccc(F)n4)C[C@@](O)([C@@H](OCc4ccccc4)[C@@H]12)C3(C)C. The molecule has 1 aromatic carbocycles. The third-order valence-corrected chi connectivity index (χ3v) is 13.6. The molecule has 3 aliphatic carbocycles. The highest BCUT2D eigenvalue weighted by Crippen LogP contribution is 2.66. The number of likely N-dealkylation sites (N-methyl/N-ethyl adjacent to an activating group) is 1. The predicted octanol–water partition coefficient (Wildman–Crippen LogP) is 4.92. The van der Waals surface area contributed by atoms with Crippen LogP contribution in [0.15, 0.2) is 59.7 Å². The number of esters is 2. The number of carbonyl (C=O) groups excluding carboxylic acids is 3. The van der Waals surface area contributed by atoms with E-state index in [1.807, 2.05) is 70.1 Å². The Morgan fingerprint density at radius 1 is 1.06 bits per heavy atom. The fourth-order valence-electron chi connectivity index (χ4n) is 10.8. The van der Waals surface area contributed by atoms with E-state index in [0.717, 1.165) is 11.6 Å². The first-order valence-corrected chi connectivity index (χ1v) is 21.4. The number of nitrogens with one attached hydrogen (secondary N) is 1. The van der Waals surface area contributed by atoms with Crippen molar-refractivity contribution in [2.75, 3.05) is 27.2 Å². The van der Waals surface area contributed by atoms with Crippen LogP contribution in [0, 0.1) is 22.7 Å². The van der Waals surface area contributed by atoms with Crippen LogP contribution >= 0.6 is 0 Å². The molecule has 2 saturated heterocycles. The number of ether oxygens (including phenoxy) is 7. The van der Waals surface area contributed by atoms with Gasteiger partial charge >= 0.3 is 18.0 Å². The van der Waals surface area contributed by atoms with Gasteiger partial charge in [-0.2, -0.15) is 4.39 Å². The van der Waals surface area contributed by atoms with Gasteiger partial charge in [0, 0.05) is 36.6 Å². The van der Waals surface area contributed by atoms with Crippen molar-refractivity contribution in [3.63, 3.8) is 0 Å². The minimum absolute atomic E-state index is 0.0606. The van der Waals surface area contributed by atoms with Crippen LogP contribution < -0.4 is 5.32 Å². The number of alkyl carbamates (subject to hydrolysis) is 1. The molecular formula is C46H62FN3O12. The molecular weight excluding hydrogens is 806 g/mol. The molecule has 1 aromatic heterocycles. The second-order valence-corrected chi connectivity index (χ2v) is 19.6. The number of benzene rings is 1. The van der Waals surface area contributed by atoms with Crippen molar-refractivity contribution < 1.29 is 62.1 Å². The molecule has 15 nitrogen and oxygen atoms in total. The fraction of sp³-hybridized carbons (Fsp3) is 0.652. The average Bonchev–Trinajstić information content (AvgIpc) is 3.57. The van der Waals surface area contributed by atoms with Crippen LogP contribution in [0.5, 0.6) is 0 Å². The molecule has 3 heterocycles. The molecule has 2 aromatic rings. The second kappa shape index (κ2) is 16.8. The summed E-state index contributed by atoms with van der Waals surface area (Å²) in [6.45, 7) is 14.6. The third kappa shape index (κ3) is 8.27. The lowest BCUT2D eigenvalue weighted by atomic mass is 9.45. The van der Waals surface area contributed by atoms with Gasteiger partial charge in [0.25, 0.3) is 0 Å². The number of amides is 1. The van der Waals surface area contributed by atoms with Gasteiger partial charge in [0.1, 0.15) is 35.6 Å². The van der Waals surface area contributed by atoms with Gasteiger partial charge < -0.3 is 53.6 Å². The van der Waals surface area contributed by atoms with Gasteiger partial charge in [-0.15, -0.1) is 0 Å². The summed E-state index contributed by atoms with van der Waals surface area (Å²) in [6, 6.07) is 11.7. The normalized spacial score (nSPS) is 34.6. The first-order chi connectivity index (χ1) is 29.0. The van der Waals surface area contributed by atoms with Gasteiger partial charge in [-0.1, -0.05) is 57.2 Å². The van der Waals surface area contributed by atoms with Gasteiger partial charge in [0.05, 0.1) is 31.1 Å². The summed E-state index contributed by atoms with van der Waals surface area (Å²) in [5.41, 5.74) is -4.16. The van der Waals surface area contributed by atoms with Crippen molar-refractivity contribution in [1.29, 1.82) is 0 Å². The van der Waals surface area contributed by atoms with Crippen LogP contribution in [0.3, 0.4) is 0 Å². The molecule has 3 N–H and O–H groups in total. The van der Waals surface area contributed by atoms with Crippen LogP contribution in [-0.2, 0) is 49.4 Å². The summed E-state index contributed by atoms with van der Waals surface area (Å²) in [5.74, 6) is -3.33. The highest BCUT2D eigenvalue weighted by Gasteiger charge is 2.76. The summed E-state index contributed by atoms with van der Waals surface area (Å²) in [5, 5.41) is 28.1. The van der Waals surface area contributed by atoms with E-state index in [0.29, 0.717) is 30.5 Å². The van der Waals surface area contributed by atoms with Crippen LogP contribution in [0.1, 0.15) is 92.0 Å². The highest BCUT2D eigenvalue weighted by molar-refractivity contribution is 5.78. The van der Waals surface area contributed by atoms with E-state index < -0.39 is 106 Å². The molecule has 62 heavy (non-hydrogen) atoms. The maximum atomic E-state index is 14.5. The smallest absolute Gasteiger partial charge is 0.408 e. The Kier molecular flexibility index (Phi) is 12.5. The lowest BCUT2D eigenvalue weighted by molar-refractivity contribution is -0.352. The number of aromatic nitrogens is 1. The number of fused-ring (bicyclic) bond motifs is 8. The molecule has 0 unspecified atom stereocenters. The quantitative estimate of drug-likeness (QED) is 0.120. The van der Waals surface area contributed by atoms with Crippen molar-refractivity contribution in [2.24, 2.45) is 16.7 Å². The Morgan fingerprint density at radius 2 is 1.77 bits per heavy atom. The van der Waals surface area contributed by atoms with Crippen LogP contribution in [0.2, 0.25) is 0 Å². The molecule has 4 fully saturated rings. The summed E-state index contributed by atoms with van der Waals surface area (Å²) >= 11 is 0. The third-order valence-electron chi connectivity index (χ3n) is 13.6. The van der Waals surface area contributed by atoms with E-state index in [1.165, 1.54) is 19.1 Å². The monoisotopic (exact) mass is 867 g/mol. The molecule has 2 aliphatic heterocycles. The molecule has 2 bridgehead atoms. The number of pyridine rings is 1. The Balaban J connectivity index is 1.36. The standard InChI is InChI=1S/C46H62FN3O12/c1-25-29(58-40(53)35(52)34(28-17-14-18-31(47)48-28)49-41(54)62-42(3,4)5)21-46(55)39(56-23-27-15-12-11-13-16-27)37-44(8,20-19-30-45(37,24-57-30)61-26(2)51)38-36(33(25)43(46,6)7)59-32(60-38)22-50(9)10/h11-18,29-30,32,34-39,52,55H,19-24H2,1-10H3,(H,49,54)/t29-,30+,32+,34-,35+,36+,37-,38+,39-,44+,45-,46+/m0/s1. The lowest BCUT2D eigenvalue weighted by Gasteiger charge is -2.68. The molecule has 5 aliphatic rings. The van der Waals surface area contributed by atoms with Crippen molar-refractivity contribution in [1.82, 2.24) is 15.2 Å². The minimum Gasteiger partial charge on any atom is -0.456 e. The zero-order valence-corrected chi connectivity index (χ0v) is 37.3. The Hall–Kier alpha value is -4.03. The number of nitrogens with zero attached hydrogens (tertiary/aromatic N) is 2. The number of rotatable bonds is 11. The Labute approximate surface area is 362 Å². The molecule has 1 amide bonds. The first kappa shape index (κ1) is 46.0. The number of carbonyl (C=O) groups is 3. The average molecular weight is 868 g/mol. The van der Waals surface area contributed by atoms with Gasteiger partial charge in [-0.25, -0.2) is 14.6 Å². The van der Waals surface area contributed by atoms with Gasteiger partial charge in [-0.05, 0) is 83.5 Å². The lowest BCUT2D eigenvalue weighted by Crippen LogP contribution is -2.79. The van der Waals surface area contributed by atoms with E-state index >= 15 is 0 Å². The summed E-state index contributed by atoms with van der Waals surface area (Å²) < 4.78 is 59.7. The molecule has 2 saturated carbocycles. The van der Waals surface area contributed by atoms with Crippen LogP contribution in [0.25, 0.3) is 0 Å². The largest absolute Gasteiger partial charge is 0.456 e. The number of hydrogen-bond acceptors (Lipinski definition) is 14. The Morgan fingerprint density at radius 3 is 2.39 bits per heavy atom. The molecule has 0 spiro atoms. The molecule has 16 heteroatoms. The van der Waals surface area contributed by atoms with Crippen molar-refractivity contribution >= 4 is 18.0 Å². The van der Waals surface area contributed by atoms with E-state index in [1.54, 1.807) is 20.8 Å². The number of aliphatic hydroxyl groups is 2. The van der Waals surface area contributed by atoms with Gasteiger partial charge in [0.15, 0.2) is 18.0 Å². The van der Waals surface area contributed by atoms with Crippen molar-refractivity contribution in [3.05, 3.63) is 76.9 Å². The van der Waals surface area contributed by atoms with Crippen LogP contribution in [-0.4, -0.2) is 125 Å². The van der Waals surface area contributed by atoms with E-state index in [2.05, 4.69) is 17.2 Å². The van der Waals surface area contributed by atoms with Gasteiger partial charge in [-0.3, -0.25) is 4.79 Å². The molecule has 340 valence electrons. The number of aliphatic hydroxyl groups excluding tert-OH is 1. The predicted molar refractivity (Wildman–Crippen MR) is 220 cm³/mol. The minimum atomic E-state index is -2.11. The topological polar surface area (TPSA) is 184 Å². The maximum absolute atomic E-state index is 14.5. The number of halogens is 1. The van der Waals surface area contributed by atoms with E-state index in [9.17, 15) is 29.0 Å². The summed E-state index contributed by atoms with van der Waals surface area (Å²) in [4.78, 5) is 46.4. The van der Waals surface area contributed by atoms with E-state index in [4.69, 9.17) is 33.2 Å². The Bertz CT molecular complexity index is 2040. The maximum Gasteiger partial charge on any atom is 0.408 e. The molecule has 0 radical (unpaired) electrons. The zero-order valence-electron chi connectivity index (χ0n) is 37.3. The zero-order chi connectivity index (χ0) is 45.2.